The van der Waals surface area contributed by atoms with Crippen LogP contribution in [0.4, 0.5) is 0 Å². The summed E-state index contributed by atoms with van der Waals surface area (Å²) in [4.78, 5) is 17.0. The van der Waals surface area contributed by atoms with E-state index in [1.165, 1.54) is 11.3 Å². The number of hydrogen-bond acceptors (Lipinski definition) is 6. The molecule has 0 fully saturated rings. The molecule has 0 aliphatic heterocycles. The van der Waals surface area contributed by atoms with E-state index in [-0.39, 0.29) is 5.91 Å². The number of hydrogen-bond donors (Lipinski definition) is 1. The van der Waals surface area contributed by atoms with Crippen LogP contribution in [0.2, 0.25) is 0 Å². The van der Waals surface area contributed by atoms with Crippen molar-refractivity contribution in [1.29, 1.82) is 0 Å². The Bertz CT molecular complexity index is 787. The van der Waals surface area contributed by atoms with Crippen molar-refractivity contribution in [2.45, 2.75) is 47.0 Å². The number of aryl methyl sites for hydroxylation is 2. The molecule has 0 atom stereocenters. The van der Waals surface area contributed by atoms with Gasteiger partial charge in [-0.2, -0.15) is 5.10 Å². The van der Waals surface area contributed by atoms with Crippen LogP contribution in [0.3, 0.4) is 0 Å². The summed E-state index contributed by atoms with van der Waals surface area (Å²) in [5, 5.41) is 4.90. The minimum atomic E-state index is -0.254. The fraction of sp³-hybridized carbons (Fsp3) is 0.450. The Kier molecular flexibility index (Phi) is 8.26. The molecule has 1 heterocycles. The Morgan fingerprint density at radius 2 is 2.04 bits per heavy atom. The van der Waals surface area contributed by atoms with Crippen molar-refractivity contribution >= 4 is 23.5 Å². The van der Waals surface area contributed by atoms with Crippen LogP contribution in [-0.4, -0.2) is 30.3 Å². The molecule has 6 nitrogen and oxygen atoms in total. The first kappa shape index (κ1) is 20.9. The van der Waals surface area contributed by atoms with E-state index in [0.29, 0.717) is 29.5 Å². The molecule has 27 heavy (non-hydrogen) atoms. The highest BCUT2D eigenvalue weighted by molar-refractivity contribution is 7.13. The Labute approximate surface area is 164 Å². The predicted octanol–water partition coefficient (Wildman–Crippen LogP) is 4.49. The van der Waals surface area contributed by atoms with Crippen molar-refractivity contribution in [3.8, 4) is 11.5 Å². The van der Waals surface area contributed by atoms with Crippen LogP contribution in [0.1, 0.15) is 59.0 Å². The van der Waals surface area contributed by atoms with Crippen LogP contribution in [0, 0.1) is 13.8 Å². The molecule has 1 N–H and O–H groups in total. The zero-order valence-corrected chi connectivity index (χ0v) is 17.2. The Morgan fingerprint density at radius 3 is 2.70 bits per heavy atom. The summed E-state index contributed by atoms with van der Waals surface area (Å²) in [7, 11) is 0. The second-order valence-corrected chi connectivity index (χ2v) is 7.24. The standard InChI is InChI=1S/C20H27N3O3S/c1-5-7-8-11-26-17-10-9-16(12-18(17)25-6-2)13-21-23-20(24)19-14(3)22-15(4)27-19/h9-10,12-13H,5-8,11H2,1-4H3,(H,23,24)/b21-13+. The lowest BCUT2D eigenvalue weighted by atomic mass is 10.2. The lowest BCUT2D eigenvalue weighted by molar-refractivity contribution is 0.0958. The Balaban J connectivity index is 2.00. The summed E-state index contributed by atoms with van der Waals surface area (Å²) in [5.74, 6) is 1.15. The highest BCUT2D eigenvalue weighted by atomic mass is 32.1. The van der Waals surface area contributed by atoms with Gasteiger partial charge in [0.1, 0.15) is 4.88 Å². The van der Waals surface area contributed by atoms with Crippen molar-refractivity contribution in [3.63, 3.8) is 0 Å². The van der Waals surface area contributed by atoms with Crippen molar-refractivity contribution in [2.75, 3.05) is 13.2 Å². The van der Waals surface area contributed by atoms with Crippen LogP contribution in [0.15, 0.2) is 23.3 Å². The van der Waals surface area contributed by atoms with Crippen LogP contribution < -0.4 is 14.9 Å². The van der Waals surface area contributed by atoms with E-state index in [4.69, 9.17) is 9.47 Å². The lowest BCUT2D eigenvalue weighted by Crippen LogP contribution is -2.17. The molecule has 146 valence electrons. The van der Waals surface area contributed by atoms with Crippen LogP contribution in [0.5, 0.6) is 11.5 Å². The molecule has 0 spiro atoms. The molecular weight excluding hydrogens is 362 g/mol. The summed E-state index contributed by atoms with van der Waals surface area (Å²) >= 11 is 1.36. The van der Waals surface area contributed by atoms with E-state index in [9.17, 15) is 4.79 Å². The number of unbranched alkanes of at least 4 members (excludes halogenated alkanes) is 2. The fourth-order valence-electron chi connectivity index (χ4n) is 2.48. The first-order chi connectivity index (χ1) is 13.0. The quantitative estimate of drug-likeness (QED) is 0.369. The van der Waals surface area contributed by atoms with Gasteiger partial charge in [0.25, 0.3) is 5.91 Å². The maximum absolute atomic E-state index is 12.2. The lowest BCUT2D eigenvalue weighted by Gasteiger charge is -2.12. The number of thiazole rings is 1. The van der Waals surface area contributed by atoms with Crippen molar-refractivity contribution in [1.82, 2.24) is 10.4 Å². The first-order valence-electron chi connectivity index (χ1n) is 9.22. The Hall–Kier alpha value is -2.41. The van der Waals surface area contributed by atoms with E-state index in [0.717, 1.165) is 35.6 Å². The second-order valence-electron chi connectivity index (χ2n) is 6.04. The van der Waals surface area contributed by atoms with E-state index >= 15 is 0 Å². The zero-order valence-electron chi connectivity index (χ0n) is 16.4. The molecule has 1 aromatic heterocycles. The Morgan fingerprint density at radius 1 is 1.22 bits per heavy atom. The number of amides is 1. The van der Waals surface area contributed by atoms with Gasteiger partial charge >= 0.3 is 0 Å². The molecule has 0 bridgehead atoms. The third-order valence-electron chi connectivity index (χ3n) is 3.76. The van der Waals surface area contributed by atoms with Gasteiger partial charge in [-0.15, -0.1) is 11.3 Å². The smallest absolute Gasteiger partial charge is 0.283 e. The molecule has 1 aromatic carbocycles. The summed E-state index contributed by atoms with van der Waals surface area (Å²) < 4.78 is 11.5. The summed E-state index contributed by atoms with van der Waals surface area (Å²) in [6.07, 6.45) is 4.91. The summed E-state index contributed by atoms with van der Waals surface area (Å²) in [6.45, 7) is 9.00. The monoisotopic (exact) mass is 389 g/mol. The van der Waals surface area contributed by atoms with Crippen molar-refractivity contribution in [3.05, 3.63) is 39.3 Å². The number of nitrogens with one attached hydrogen (secondary N) is 1. The number of rotatable bonds is 10. The predicted molar refractivity (Wildman–Crippen MR) is 109 cm³/mol. The number of benzene rings is 1. The molecule has 0 aliphatic carbocycles. The van der Waals surface area contributed by atoms with Crippen LogP contribution in [-0.2, 0) is 0 Å². The second kappa shape index (κ2) is 10.7. The SMILES string of the molecule is CCCCCOc1ccc(/C=N/NC(=O)c2sc(C)nc2C)cc1OCC. The van der Waals surface area contributed by atoms with Crippen LogP contribution >= 0.6 is 11.3 Å². The van der Waals surface area contributed by atoms with Gasteiger partial charge in [0.15, 0.2) is 11.5 Å². The van der Waals surface area contributed by atoms with Crippen molar-refractivity contribution in [2.24, 2.45) is 5.10 Å². The maximum atomic E-state index is 12.2. The third kappa shape index (κ3) is 6.36. The van der Waals surface area contributed by atoms with Gasteiger partial charge in [-0.25, -0.2) is 10.4 Å². The first-order valence-corrected chi connectivity index (χ1v) is 10.0. The van der Waals surface area contributed by atoms with Gasteiger partial charge in [-0.3, -0.25) is 4.79 Å². The molecule has 0 aliphatic rings. The van der Waals surface area contributed by atoms with Gasteiger partial charge in [0.05, 0.1) is 30.1 Å². The molecule has 0 saturated carbocycles. The van der Waals surface area contributed by atoms with Gasteiger partial charge in [0, 0.05) is 0 Å². The summed E-state index contributed by atoms with van der Waals surface area (Å²) in [5.41, 5.74) is 4.08. The fourth-order valence-corrected chi connectivity index (χ4v) is 3.29. The molecule has 2 aromatic rings. The highest BCUT2D eigenvalue weighted by Crippen LogP contribution is 2.28. The molecule has 0 unspecified atom stereocenters. The van der Waals surface area contributed by atoms with E-state index in [2.05, 4.69) is 22.4 Å². The number of hydrazone groups is 1. The molecule has 1 amide bonds. The minimum Gasteiger partial charge on any atom is -0.490 e. The van der Waals surface area contributed by atoms with Gasteiger partial charge in [0.2, 0.25) is 0 Å². The molecular formula is C20H27N3O3S. The van der Waals surface area contributed by atoms with E-state index in [1.54, 1.807) is 6.21 Å². The number of nitrogens with zero attached hydrogens (tertiary/aromatic N) is 2. The summed E-state index contributed by atoms with van der Waals surface area (Å²) in [6, 6.07) is 5.61. The average molecular weight is 390 g/mol. The molecule has 0 saturated heterocycles. The molecule has 2 rings (SSSR count). The minimum absolute atomic E-state index is 0.254. The van der Waals surface area contributed by atoms with E-state index in [1.807, 2.05) is 39.0 Å². The van der Waals surface area contributed by atoms with Crippen LogP contribution in [0.25, 0.3) is 0 Å². The average Bonchev–Trinajstić information content (AvgIpc) is 2.98. The molecule has 7 heteroatoms. The topological polar surface area (TPSA) is 72.8 Å². The van der Waals surface area contributed by atoms with Gasteiger partial charge < -0.3 is 9.47 Å². The largest absolute Gasteiger partial charge is 0.490 e. The molecule has 0 radical (unpaired) electrons. The highest BCUT2D eigenvalue weighted by Gasteiger charge is 2.12. The number of carbonyl (C=O) groups excluding carboxylic acids is 1. The normalized spacial score (nSPS) is 11.0. The van der Waals surface area contributed by atoms with Crippen molar-refractivity contribution < 1.29 is 14.3 Å². The number of carbonyl (C=O) groups is 1. The number of ether oxygens (including phenoxy) is 2. The number of aromatic nitrogens is 1. The maximum Gasteiger partial charge on any atom is 0.283 e. The third-order valence-corrected chi connectivity index (χ3v) is 4.83. The van der Waals surface area contributed by atoms with Gasteiger partial charge in [-0.05, 0) is 51.0 Å². The zero-order chi connectivity index (χ0) is 19.6. The van der Waals surface area contributed by atoms with Gasteiger partial charge in [-0.1, -0.05) is 19.8 Å². The van der Waals surface area contributed by atoms with E-state index < -0.39 is 0 Å².